The topological polar surface area (TPSA) is 105 Å². The fourth-order valence-electron chi connectivity index (χ4n) is 4.30. The molecule has 0 aromatic carbocycles. The minimum atomic E-state index is -4.35. The van der Waals surface area contributed by atoms with Crippen LogP contribution in [0.5, 0.6) is 0 Å². The molecule has 0 rings (SSSR count). The number of quaternary nitrogens is 1. The number of aliphatic hydroxyl groups excluding tert-OH is 1. The summed E-state index contributed by atoms with van der Waals surface area (Å²) < 4.78 is 23.3. The lowest BCUT2D eigenvalue weighted by Crippen LogP contribution is -2.45. The zero-order valence-electron chi connectivity index (χ0n) is 29.8. The summed E-state index contributed by atoms with van der Waals surface area (Å²) in [6.07, 6.45) is 35.9. The van der Waals surface area contributed by atoms with Gasteiger partial charge in [-0.05, 0) is 57.8 Å². The first-order valence-corrected chi connectivity index (χ1v) is 19.2. The Morgan fingerprint density at radius 1 is 0.739 bits per heavy atom. The first-order chi connectivity index (χ1) is 22.0. The number of nitrogens with zero attached hydrogens (tertiary/aromatic N) is 1. The molecule has 0 saturated heterocycles. The zero-order chi connectivity index (χ0) is 34.4. The van der Waals surface area contributed by atoms with E-state index in [0.717, 1.165) is 44.9 Å². The number of rotatable bonds is 30. The van der Waals surface area contributed by atoms with Gasteiger partial charge in [0.1, 0.15) is 13.2 Å². The maximum Gasteiger partial charge on any atom is 0.472 e. The van der Waals surface area contributed by atoms with Crippen molar-refractivity contribution < 1.29 is 32.9 Å². The Kier molecular flexibility index (Phi) is 28.2. The lowest BCUT2D eigenvalue weighted by molar-refractivity contribution is -0.870. The van der Waals surface area contributed by atoms with Crippen molar-refractivity contribution in [1.82, 2.24) is 5.32 Å². The third-order valence-electron chi connectivity index (χ3n) is 7.18. The van der Waals surface area contributed by atoms with Crippen LogP contribution in [0.1, 0.15) is 117 Å². The van der Waals surface area contributed by atoms with Crippen LogP contribution in [-0.4, -0.2) is 73.4 Å². The maximum atomic E-state index is 12.7. The van der Waals surface area contributed by atoms with Crippen LogP contribution in [0.15, 0.2) is 60.8 Å². The Bertz CT molecular complexity index is 939. The second kappa shape index (κ2) is 29.3. The SMILES string of the molecule is CCC/C=C/CC/C=C/CC/C=C/C(O)C(COP(=O)(O)OCC[N+](C)(C)C)NC(=O)CC/C=C\C/C=C\CCCCCCCC. The van der Waals surface area contributed by atoms with Gasteiger partial charge in [-0.3, -0.25) is 13.8 Å². The van der Waals surface area contributed by atoms with E-state index in [-0.39, 0.29) is 25.5 Å². The van der Waals surface area contributed by atoms with E-state index in [1.54, 1.807) is 6.08 Å². The Hall–Kier alpha value is -1.80. The Morgan fingerprint density at radius 2 is 1.30 bits per heavy atom. The number of unbranched alkanes of at least 4 members (excludes halogenated alkanes) is 9. The number of carbonyl (C=O) groups excluding carboxylic acids is 1. The minimum absolute atomic E-state index is 0.0415. The number of carbonyl (C=O) groups is 1. The average Bonchev–Trinajstić information content (AvgIpc) is 2.99. The number of amides is 1. The number of phosphoric acid groups is 1. The van der Waals surface area contributed by atoms with E-state index in [4.69, 9.17) is 9.05 Å². The van der Waals surface area contributed by atoms with Gasteiger partial charge in [0.2, 0.25) is 5.91 Å². The smallest absolute Gasteiger partial charge is 0.387 e. The van der Waals surface area contributed by atoms with Crippen LogP contribution >= 0.6 is 7.82 Å². The van der Waals surface area contributed by atoms with Crippen LogP contribution in [0.25, 0.3) is 0 Å². The van der Waals surface area contributed by atoms with Gasteiger partial charge in [-0.2, -0.15) is 0 Å². The standard InChI is InChI=1S/C37H67N2O6P/c1-6-8-10-12-14-16-18-19-21-23-25-27-29-31-37(41)38-35(34-45-46(42,43)44-33-32-39(3,4)5)36(40)30-28-26-24-22-20-17-15-13-11-9-7-2/h11,13,19-22,25,27-28,30,35-36,40H,6-10,12,14-18,23-24,26,29,31-34H2,1-5H3,(H-,38,41,42,43)/p+1/b13-11+,21-19-,22-20+,27-25-,30-28+. The number of aliphatic hydroxyl groups is 1. The largest absolute Gasteiger partial charge is 0.472 e. The molecular weight excluding hydrogens is 599 g/mol. The molecule has 0 aliphatic rings. The van der Waals surface area contributed by atoms with Gasteiger partial charge in [-0.25, -0.2) is 4.57 Å². The molecule has 0 saturated carbocycles. The number of nitrogens with one attached hydrogen (secondary N) is 1. The number of allylic oxidation sites excluding steroid dienone is 9. The molecule has 9 heteroatoms. The number of phosphoric ester groups is 1. The predicted octanol–water partition coefficient (Wildman–Crippen LogP) is 8.73. The quantitative estimate of drug-likeness (QED) is 0.0306. The van der Waals surface area contributed by atoms with Gasteiger partial charge in [0.15, 0.2) is 0 Å². The van der Waals surface area contributed by atoms with Gasteiger partial charge < -0.3 is 19.8 Å². The van der Waals surface area contributed by atoms with Crippen LogP contribution in [-0.2, 0) is 18.4 Å². The van der Waals surface area contributed by atoms with Gasteiger partial charge in [-0.1, -0.05) is 113 Å². The highest BCUT2D eigenvalue weighted by Gasteiger charge is 2.27. The van der Waals surface area contributed by atoms with Crippen LogP contribution in [0.4, 0.5) is 0 Å². The highest BCUT2D eigenvalue weighted by molar-refractivity contribution is 7.47. The molecule has 266 valence electrons. The summed E-state index contributed by atoms with van der Waals surface area (Å²) in [4.78, 5) is 22.9. The fraction of sp³-hybridized carbons (Fsp3) is 0.703. The van der Waals surface area contributed by atoms with Gasteiger partial charge in [-0.15, -0.1) is 0 Å². The molecule has 0 spiro atoms. The molecule has 46 heavy (non-hydrogen) atoms. The summed E-state index contributed by atoms with van der Waals surface area (Å²) in [5.74, 6) is -0.265. The summed E-state index contributed by atoms with van der Waals surface area (Å²) in [6.45, 7) is 4.60. The van der Waals surface area contributed by atoms with E-state index in [0.29, 0.717) is 17.4 Å². The molecule has 3 atom stereocenters. The summed E-state index contributed by atoms with van der Waals surface area (Å²) in [7, 11) is 1.50. The van der Waals surface area contributed by atoms with Crippen molar-refractivity contribution in [2.45, 2.75) is 129 Å². The molecule has 3 N–H and O–H groups in total. The maximum absolute atomic E-state index is 12.7. The molecule has 0 aliphatic heterocycles. The van der Waals surface area contributed by atoms with E-state index < -0.39 is 20.0 Å². The predicted molar refractivity (Wildman–Crippen MR) is 193 cm³/mol. The third kappa shape index (κ3) is 30.8. The second-order valence-corrected chi connectivity index (χ2v) is 14.3. The van der Waals surface area contributed by atoms with Crippen LogP contribution in [0, 0.1) is 0 Å². The second-order valence-electron chi connectivity index (χ2n) is 12.9. The lowest BCUT2D eigenvalue weighted by Gasteiger charge is -2.25. The van der Waals surface area contributed by atoms with Gasteiger partial charge in [0.25, 0.3) is 0 Å². The van der Waals surface area contributed by atoms with Crippen LogP contribution in [0.2, 0.25) is 0 Å². The molecule has 0 fully saturated rings. The van der Waals surface area contributed by atoms with Crippen molar-refractivity contribution in [3.63, 3.8) is 0 Å². The number of hydrogen-bond donors (Lipinski definition) is 3. The molecular formula is C37H68N2O6P+. The Labute approximate surface area is 281 Å². The number of hydrogen-bond acceptors (Lipinski definition) is 5. The van der Waals surface area contributed by atoms with Crippen molar-refractivity contribution in [3.8, 4) is 0 Å². The van der Waals surface area contributed by atoms with Crippen LogP contribution < -0.4 is 5.32 Å². The lowest BCUT2D eigenvalue weighted by atomic mass is 10.1. The highest BCUT2D eigenvalue weighted by Crippen LogP contribution is 2.43. The highest BCUT2D eigenvalue weighted by atomic mass is 31.2. The van der Waals surface area contributed by atoms with Crippen molar-refractivity contribution in [2.24, 2.45) is 0 Å². The zero-order valence-corrected chi connectivity index (χ0v) is 30.7. The van der Waals surface area contributed by atoms with Crippen molar-refractivity contribution in [1.29, 1.82) is 0 Å². The monoisotopic (exact) mass is 667 g/mol. The Morgan fingerprint density at radius 3 is 1.93 bits per heavy atom. The Balaban J connectivity index is 4.77. The van der Waals surface area contributed by atoms with E-state index in [1.165, 1.54) is 44.9 Å². The van der Waals surface area contributed by atoms with Crippen molar-refractivity contribution >= 4 is 13.7 Å². The molecule has 1 amide bonds. The van der Waals surface area contributed by atoms with Gasteiger partial charge in [0, 0.05) is 6.42 Å². The molecule has 0 bridgehead atoms. The fourth-order valence-corrected chi connectivity index (χ4v) is 5.04. The normalized spacial score (nSPS) is 15.5. The molecule has 0 aliphatic carbocycles. The summed E-state index contributed by atoms with van der Waals surface area (Å²) in [5.41, 5.74) is 0. The van der Waals surface area contributed by atoms with E-state index in [2.05, 4.69) is 61.7 Å². The van der Waals surface area contributed by atoms with Gasteiger partial charge in [0.05, 0.1) is 39.9 Å². The molecule has 0 aromatic rings. The van der Waals surface area contributed by atoms with E-state index in [1.807, 2.05) is 33.3 Å². The van der Waals surface area contributed by atoms with Crippen molar-refractivity contribution in [3.05, 3.63) is 60.8 Å². The number of likely N-dealkylation sites (N-methyl/N-ethyl adjacent to an activating group) is 1. The molecule has 0 aromatic heterocycles. The molecule has 0 radical (unpaired) electrons. The third-order valence-corrected chi connectivity index (χ3v) is 8.17. The van der Waals surface area contributed by atoms with E-state index >= 15 is 0 Å². The summed E-state index contributed by atoms with van der Waals surface area (Å²) >= 11 is 0. The van der Waals surface area contributed by atoms with E-state index in [9.17, 15) is 19.4 Å². The summed E-state index contributed by atoms with van der Waals surface area (Å²) in [5, 5.41) is 13.6. The van der Waals surface area contributed by atoms with Crippen molar-refractivity contribution in [2.75, 3.05) is 40.9 Å². The molecule has 3 unspecified atom stereocenters. The first-order valence-electron chi connectivity index (χ1n) is 17.7. The first kappa shape index (κ1) is 44.2. The molecule has 8 nitrogen and oxygen atoms in total. The molecule has 0 heterocycles. The van der Waals surface area contributed by atoms with Gasteiger partial charge >= 0.3 is 7.82 Å². The average molecular weight is 668 g/mol. The van der Waals surface area contributed by atoms with Crippen LogP contribution in [0.3, 0.4) is 0 Å². The summed E-state index contributed by atoms with van der Waals surface area (Å²) in [6, 6.07) is -0.898. The minimum Gasteiger partial charge on any atom is -0.387 e.